The molecule has 6 rings (SSSR count). The van der Waals surface area contributed by atoms with Crippen molar-refractivity contribution < 1.29 is 33.8 Å². The second-order valence-electron chi connectivity index (χ2n) is 14.3. The number of aromatic hydroxyl groups is 1. The molecule has 2 aromatic rings. The number of thioether (sulfide) groups is 1. The summed E-state index contributed by atoms with van der Waals surface area (Å²) in [7, 11) is 1.34. The largest absolute Gasteiger partial charge is 0.508 e. The third-order valence-corrected chi connectivity index (χ3v) is 11.3. The van der Waals surface area contributed by atoms with Crippen LogP contribution < -0.4 is 27.4 Å². The van der Waals surface area contributed by atoms with Crippen LogP contribution in [0.25, 0.3) is 0 Å². The maximum Gasteiger partial charge on any atom is 0.312 e. The normalized spacial score (nSPS) is 26.7. The van der Waals surface area contributed by atoms with E-state index in [1.54, 1.807) is 12.1 Å². The molecule has 4 aliphatic rings. The molecule has 12 nitrogen and oxygen atoms in total. The van der Waals surface area contributed by atoms with Gasteiger partial charge in [-0.1, -0.05) is 42.5 Å². The quantitative estimate of drug-likeness (QED) is 0.139. The van der Waals surface area contributed by atoms with E-state index in [0.717, 1.165) is 17.5 Å². The molecule has 3 unspecified atom stereocenters. The van der Waals surface area contributed by atoms with E-state index in [0.29, 0.717) is 37.9 Å². The number of hydrogen-bond acceptors (Lipinski definition) is 10. The fraction of sp³-hybridized carbons (Fsp3) is 0.541. The Morgan fingerprint density at radius 2 is 1.54 bits per heavy atom. The number of phenolic OH excluding ortho intramolecular Hbond substituents is 1. The van der Waals surface area contributed by atoms with Gasteiger partial charge >= 0.3 is 5.97 Å². The second kappa shape index (κ2) is 15.9. The number of nitrogens with one attached hydrogen (secondary N) is 3. The Morgan fingerprint density at radius 3 is 2.16 bits per heavy atom. The van der Waals surface area contributed by atoms with E-state index < -0.39 is 65.2 Å². The van der Waals surface area contributed by atoms with Crippen molar-refractivity contribution in [2.75, 3.05) is 25.7 Å². The van der Waals surface area contributed by atoms with Crippen LogP contribution in [0, 0.1) is 23.2 Å². The third-order valence-electron chi connectivity index (χ3n) is 10.7. The molecule has 6 atom stereocenters. The number of ether oxygens (including phenoxy) is 1. The first-order valence-electron chi connectivity index (χ1n) is 17.2. The number of nitrogens with two attached hydrogens (primary N) is 2. The lowest BCUT2D eigenvalue weighted by Crippen LogP contribution is -2.72. The molecule has 0 saturated heterocycles. The molecule has 3 amide bonds. The summed E-state index contributed by atoms with van der Waals surface area (Å²) in [5.74, 6) is -2.06. The molecule has 8 N–H and O–H groups in total. The molecule has 0 heterocycles. The summed E-state index contributed by atoms with van der Waals surface area (Å²) in [5, 5.41) is 17.7. The van der Waals surface area contributed by atoms with Crippen LogP contribution in [0.4, 0.5) is 0 Å². The van der Waals surface area contributed by atoms with E-state index in [2.05, 4.69) is 16.0 Å². The highest BCUT2D eigenvalue weighted by Gasteiger charge is 2.68. The van der Waals surface area contributed by atoms with Crippen LogP contribution in [-0.4, -0.2) is 83.9 Å². The Hall–Kier alpha value is -3.94. The van der Waals surface area contributed by atoms with Crippen molar-refractivity contribution in [1.29, 1.82) is 0 Å². The van der Waals surface area contributed by atoms with E-state index in [4.69, 9.17) is 16.2 Å². The van der Waals surface area contributed by atoms with E-state index in [1.807, 2.05) is 36.6 Å². The first-order valence-corrected chi connectivity index (χ1v) is 18.6. The molecule has 0 spiro atoms. The van der Waals surface area contributed by atoms with Gasteiger partial charge in [-0.15, -0.1) is 0 Å². The van der Waals surface area contributed by atoms with Crippen LogP contribution in [-0.2, 0) is 41.6 Å². The van der Waals surface area contributed by atoms with Crippen LogP contribution in [0.3, 0.4) is 0 Å². The Balaban J connectivity index is 1.27. The van der Waals surface area contributed by atoms with E-state index in [-0.39, 0.29) is 36.2 Å². The monoisotopic (exact) mass is 707 g/mol. The SMILES string of the molecule is COC(=O)C12CC3CC(CC(N)(C3)C1C(=O)[C@H](Cc1ccccc1)NC(=O)CNC(=O)[C@@H](CCSC)NC(=O)[C@@H](N)Cc1ccc(O)cc1)C2. The van der Waals surface area contributed by atoms with Gasteiger partial charge in [0.15, 0.2) is 5.78 Å². The molecular formula is C37H49N5O7S. The zero-order valence-corrected chi connectivity index (χ0v) is 29.5. The molecule has 2 aromatic carbocycles. The number of amides is 3. The average molecular weight is 708 g/mol. The predicted molar refractivity (Wildman–Crippen MR) is 190 cm³/mol. The highest BCUT2D eigenvalue weighted by atomic mass is 32.2. The van der Waals surface area contributed by atoms with Gasteiger partial charge in [0.2, 0.25) is 17.7 Å². The average Bonchev–Trinajstić information content (AvgIpc) is 3.08. The molecule has 0 radical (unpaired) electrons. The Labute approximate surface area is 297 Å². The zero-order chi connectivity index (χ0) is 36.1. The minimum Gasteiger partial charge on any atom is -0.508 e. The molecule has 0 aromatic heterocycles. The molecule has 4 saturated carbocycles. The molecule has 4 bridgehead atoms. The Kier molecular flexibility index (Phi) is 11.9. The van der Waals surface area contributed by atoms with Gasteiger partial charge in [-0.2, -0.15) is 11.8 Å². The smallest absolute Gasteiger partial charge is 0.312 e. The molecule has 50 heavy (non-hydrogen) atoms. The third kappa shape index (κ3) is 8.33. The minimum absolute atomic E-state index is 0.0987. The van der Waals surface area contributed by atoms with Crippen molar-refractivity contribution in [3.63, 3.8) is 0 Å². The number of Topliss-reactive ketones (excluding diaryl/α,β-unsaturated/α-hetero) is 1. The first-order chi connectivity index (χ1) is 23.9. The summed E-state index contributed by atoms with van der Waals surface area (Å²) in [6.45, 7) is -0.437. The number of phenols is 1. The maximum atomic E-state index is 14.6. The molecule has 4 fully saturated rings. The van der Waals surface area contributed by atoms with E-state index >= 15 is 0 Å². The summed E-state index contributed by atoms with van der Waals surface area (Å²) >= 11 is 1.50. The molecule has 4 aliphatic carbocycles. The number of methoxy groups -OCH3 is 1. The van der Waals surface area contributed by atoms with Gasteiger partial charge in [0, 0.05) is 5.54 Å². The number of carbonyl (C=O) groups is 5. The van der Waals surface area contributed by atoms with Crippen LogP contribution in [0.2, 0.25) is 0 Å². The molecule has 13 heteroatoms. The molecule has 270 valence electrons. The summed E-state index contributed by atoms with van der Waals surface area (Å²) in [6, 6.07) is 12.7. The van der Waals surface area contributed by atoms with Crippen LogP contribution in [0.5, 0.6) is 5.75 Å². The summed E-state index contributed by atoms with van der Waals surface area (Å²) in [6.07, 6.45) is 5.91. The minimum atomic E-state index is -1.04. The number of carbonyl (C=O) groups excluding carboxylic acids is 5. The van der Waals surface area contributed by atoms with Gasteiger partial charge in [-0.3, -0.25) is 24.0 Å². The zero-order valence-electron chi connectivity index (χ0n) is 28.7. The number of esters is 1. The van der Waals surface area contributed by atoms with Crippen LogP contribution in [0.15, 0.2) is 54.6 Å². The number of ketones is 1. The first kappa shape index (κ1) is 37.3. The Morgan fingerprint density at radius 1 is 0.900 bits per heavy atom. The molecule has 0 aliphatic heterocycles. The predicted octanol–water partition coefficient (Wildman–Crippen LogP) is 1.61. The van der Waals surface area contributed by atoms with Crippen molar-refractivity contribution in [1.82, 2.24) is 16.0 Å². The Bertz CT molecular complexity index is 1540. The highest BCUT2D eigenvalue weighted by molar-refractivity contribution is 7.98. The van der Waals surface area contributed by atoms with Crippen molar-refractivity contribution in [2.45, 2.75) is 75.0 Å². The lowest BCUT2D eigenvalue weighted by atomic mass is 9.41. The fourth-order valence-corrected chi connectivity index (χ4v) is 9.33. The summed E-state index contributed by atoms with van der Waals surface area (Å²) in [4.78, 5) is 67.8. The van der Waals surface area contributed by atoms with Crippen molar-refractivity contribution >= 4 is 41.2 Å². The lowest BCUT2D eigenvalue weighted by molar-refractivity contribution is -0.188. The molecular weight excluding hydrogens is 659 g/mol. The standard InChI is InChI=1S/C37H49N5O7S/c1-49-35(48)36-17-24-14-25(18-36)20-37(39,19-24)32(36)31(45)29(16-22-6-4-3-5-7-22)41-30(44)21-40-34(47)28(12-13-50-2)42-33(46)27(38)15-23-8-10-26(43)11-9-23/h3-11,24-25,27-29,32,43H,12-21,38-39H2,1-2H3,(H,40,47)(H,41,44)(H,42,46)/t24?,25?,27-,28+,29-,32?,36?,37?/m0/s1. The number of rotatable bonds is 16. The maximum absolute atomic E-state index is 14.6. The van der Waals surface area contributed by atoms with Gasteiger partial charge in [-0.05, 0) is 98.5 Å². The lowest BCUT2D eigenvalue weighted by Gasteiger charge is -2.63. The van der Waals surface area contributed by atoms with Crippen molar-refractivity contribution in [2.24, 2.45) is 34.6 Å². The topological polar surface area (TPSA) is 203 Å². The van der Waals surface area contributed by atoms with Gasteiger partial charge in [0.05, 0.1) is 37.1 Å². The summed E-state index contributed by atoms with van der Waals surface area (Å²) < 4.78 is 5.30. The van der Waals surface area contributed by atoms with E-state index in [1.165, 1.54) is 31.0 Å². The number of hydrogen-bond donors (Lipinski definition) is 6. The van der Waals surface area contributed by atoms with Gasteiger partial charge in [0.1, 0.15) is 11.8 Å². The highest BCUT2D eigenvalue weighted by Crippen LogP contribution is 2.64. The van der Waals surface area contributed by atoms with Gasteiger partial charge in [-0.25, -0.2) is 0 Å². The van der Waals surface area contributed by atoms with Crippen LogP contribution >= 0.6 is 11.8 Å². The number of benzene rings is 2. The van der Waals surface area contributed by atoms with Gasteiger partial charge < -0.3 is 37.3 Å². The second-order valence-corrected chi connectivity index (χ2v) is 15.3. The fourth-order valence-electron chi connectivity index (χ4n) is 8.86. The van der Waals surface area contributed by atoms with Crippen molar-refractivity contribution in [3.05, 3.63) is 65.7 Å². The summed E-state index contributed by atoms with van der Waals surface area (Å²) in [5.41, 5.74) is 12.8. The van der Waals surface area contributed by atoms with Crippen LogP contribution in [0.1, 0.15) is 49.7 Å². The van der Waals surface area contributed by atoms with Gasteiger partial charge in [0.25, 0.3) is 0 Å². The van der Waals surface area contributed by atoms with Crippen molar-refractivity contribution in [3.8, 4) is 5.75 Å². The van der Waals surface area contributed by atoms with E-state index in [9.17, 15) is 29.1 Å².